The second-order valence-corrected chi connectivity index (χ2v) is 16.6. The van der Waals surface area contributed by atoms with Crippen molar-refractivity contribution in [2.45, 2.75) is 12.8 Å². The summed E-state index contributed by atoms with van der Waals surface area (Å²) in [4.78, 5) is 11.1. The molecule has 276 valence electrons. The number of fused-ring (bicyclic) bond motifs is 12. The number of hydrogen-bond donors (Lipinski definition) is 0. The Morgan fingerprint density at radius 2 is 1.17 bits per heavy atom. The molecule has 1 aliphatic rings. The zero-order valence-corrected chi connectivity index (χ0v) is 32.7. The van der Waals surface area contributed by atoms with Crippen molar-refractivity contribution in [2.75, 3.05) is 0 Å². The van der Waals surface area contributed by atoms with Crippen LogP contribution in [0.5, 0.6) is 0 Å². The molecule has 4 aromatic heterocycles. The number of hydrogen-bond acceptors (Lipinski definition) is 3. The second-order valence-electron chi connectivity index (χ2n) is 15.6. The van der Waals surface area contributed by atoms with Gasteiger partial charge in [0.05, 0.1) is 33.5 Å². The quantitative estimate of drug-likeness (QED) is 0.179. The summed E-state index contributed by atoms with van der Waals surface area (Å²) < 4.78 is 7.28. The van der Waals surface area contributed by atoms with E-state index in [1.165, 1.54) is 74.6 Å². The van der Waals surface area contributed by atoms with Crippen LogP contribution < -0.4 is 0 Å². The lowest BCUT2D eigenvalue weighted by Crippen LogP contribution is -2.09. The Morgan fingerprint density at radius 3 is 2.03 bits per heavy atom. The number of para-hydroxylation sites is 3. The summed E-state index contributed by atoms with van der Waals surface area (Å²) in [6.07, 6.45) is 6.34. The Balaban J connectivity index is 1.11. The van der Waals surface area contributed by atoms with E-state index >= 15 is 0 Å². The predicted molar refractivity (Wildman–Crippen MR) is 249 cm³/mol. The Kier molecular flexibility index (Phi) is 6.97. The minimum atomic E-state index is 0.708. The molecule has 59 heavy (non-hydrogen) atoms. The van der Waals surface area contributed by atoms with Crippen LogP contribution in [-0.4, -0.2) is 19.1 Å². The van der Waals surface area contributed by atoms with Crippen molar-refractivity contribution in [1.29, 1.82) is 0 Å². The van der Waals surface area contributed by atoms with Gasteiger partial charge in [0.15, 0.2) is 0 Å². The number of nitrogens with zero attached hydrogens (tertiary/aromatic N) is 4. The highest BCUT2D eigenvalue weighted by atomic mass is 32.1. The third-order valence-corrected chi connectivity index (χ3v) is 13.6. The largest absolute Gasteiger partial charge is 0.309 e. The van der Waals surface area contributed by atoms with Crippen LogP contribution in [0.3, 0.4) is 0 Å². The Bertz CT molecular complexity index is 3730. The molecule has 0 radical (unpaired) electrons. The molecule has 0 bridgehead atoms. The number of aryl methyl sites for hydroxylation is 1. The zero-order valence-electron chi connectivity index (χ0n) is 31.9. The number of aromatic nitrogens is 4. The lowest BCUT2D eigenvalue weighted by Gasteiger charge is -2.18. The van der Waals surface area contributed by atoms with Crippen LogP contribution in [0.1, 0.15) is 17.7 Å². The van der Waals surface area contributed by atoms with Crippen molar-refractivity contribution >= 4 is 92.0 Å². The summed E-state index contributed by atoms with van der Waals surface area (Å²) in [5, 5.41) is 9.90. The standard InChI is InChI=1S/C54H34N4S/c1-2-15-34(16-3-1)57-46-26-11-7-18-36(46)37-30-29-33(31-48(37)57)44-32-49-51(39-20-5-4-17-35(39)44)42-22-8-12-27-47(42)58(49)54-55-45-25-10-6-21-41(45)52(56-54)43-24-14-23-40-38-19-9-13-28-50(38)59-53(40)43/h1-9,11-24,26-32H,10,25H2. The molecule has 0 saturated heterocycles. The molecule has 0 spiro atoms. The molecule has 4 nitrogen and oxygen atoms in total. The molecular weight excluding hydrogens is 737 g/mol. The predicted octanol–water partition coefficient (Wildman–Crippen LogP) is 14.5. The first kappa shape index (κ1) is 32.7. The fourth-order valence-corrected chi connectivity index (χ4v) is 11.0. The molecule has 1 aliphatic carbocycles. The number of rotatable bonds is 4. The van der Waals surface area contributed by atoms with Crippen LogP contribution in [0.4, 0.5) is 0 Å². The number of thiophene rings is 1. The van der Waals surface area contributed by atoms with E-state index in [4.69, 9.17) is 9.97 Å². The molecule has 5 heteroatoms. The molecule has 0 aliphatic heterocycles. The minimum absolute atomic E-state index is 0.708. The molecular formula is C54H34N4S. The average Bonchev–Trinajstić information content (AvgIpc) is 3.96. The van der Waals surface area contributed by atoms with Crippen molar-refractivity contribution in [2.24, 2.45) is 0 Å². The van der Waals surface area contributed by atoms with E-state index in [0.29, 0.717) is 5.95 Å². The van der Waals surface area contributed by atoms with Crippen LogP contribution in [0.2, 0.25) is 0 Å². The van der Waals surface area contributed by atoms with Gasteiger partial charge in [0.1, 0.15) is 0 Å². The van der Waals surface area contributed by atoms with Gasteiger partial charge in [-0.3, -0.25) is 4.57 Å². The van der Waals surface area contributed by atoms with Crippen LogP contribution in [0.15, 0.2) is 176 Å². The summed E-state index contributed by atoms with van der Waals surface area (Å²) in [5.74, 6) is 0.708. The molecule has 0 unspecified atom stereocenters. The maximum Gasteiger partial charge on any atom is 0.235 e. The van der Waals surface area contributed by atoms with E-state index in [9.17, 15) is 0 Å². The summed E-state index contributed by atoms with van der Waals surface area (Å²) in [7, 11) is 0. The maximum atomic E-state index is 5.62. The molecule has 8 aromatic carbocycles. The first-order valence-electron chi connectivity index (χ1n) is 20.3. The highest BCUT2D eigenvalue weighted by molar-refractivity contribution is 7.26. The van der Waals surface area contributed by atoms with E-state index in [2.05, 4.69) is 191 Å². The lowest BCUT2D eigenvalue weighted by molar-refractivity contribution is 0.878. The monoisotopic (exact) mass is 770 g/mol. The first-order chi connectivity index (χ1) is 29.3. The normalized spacial score (nSPS) is 12.9. The summed E-state index contributed by atoms with van der Waals surface area (Å²) >= 11 is 1.85. The average molecular weight is 771 g/mol. The Hall–Kier alpha value is -7.34. The van der Waals surface area contributed by atoms with Crippen molar-refractivity contribution in [3.05, 3.63) is 187 Å². The number of allylic oxidation sites excluding steroid dienone is 1. The first-order valence-corrected chi connectivity index (χ1v) is 21.1. The van der Waals surface area contributed by atoms with Gasteiger partial charge >= 0.3 is 0 Å². The van der Waals surface area contributed by atoms with E-state index in [0.717, 1.165) is 52.1 Å². The van der Waals surface area contributed by atoms with Gasteiger partial charge in [0.2, 0.25) is 5.95 Å². The van der Waals surface area contributed by atoms with Gasteiger partial charge in [-0.15, -0.1) is 11.3 Å². The maximum absolute atomic E-state index is 5.62. The van der Waals surface area contributed by atoms with Gasteiger partial charge in [-0.05, 0) is 77.2 Å². The van der Waals surface area contributed by atoms with Gasteiger partial charge in [0.25, 0.3) is 0 Å². The highest BCUT2D eigenvalue weighted by Gasteiger charge is 2.24. The van der Waals surface area contributed by atoms with Crippen LogP contribution in [-0.2, 0) is 6.42 Å². The Labute approximate surface area is 343 Å². The van der Waals surface area contributed by atoms with Crippen LogP contribution >= 0.6 is 11.3 Å². The van der Waals surface area contributed by atoms with E-state index in [1.54, 1.807) is 0 Å². The fourth-order valence-electron chi connectivity index (χ4n) is 9.81. The minimum Gasteiger partial charge on any atom is -0.309 e. The van der Waals surface area contributed by atoms with Crippen molar-refractivity contribution < 1.29 is 0 Å². The molecule has 0 fully saturated rings. The number of benzene rings is 8. The molecule has 0 amide bonds. The van der Waals surface area contributed by atoms with Gasteiger partial charge < -0.3 is 4.57 Å². The van der Waals surface area contributed by atoms with Crippen molar-refractivity contribution in [1.82, 2.24) is 19.1 Å². The van der Waals surface area contributed by atoms with Gasteiger partial charge in [-0.25, -0.2) is 9.97 Å². The second kappa shape index (κ2) is 12.6. The summed E-state index contributed by atoms with van der Waals surface area (Å²) in [6, 6.07) is 61.9. The van der Waals surface area contributed by atoms with E-state index in [-0.39, 0.29) is 0 Å². The zero-order chi connectivity index (χ0) is 38.6. The van der Waals surface area contributed by atoms with Gasteiger partial charge in [-0.2, -0.15) is 0 Å². The summed E-state index contributed by atoms with van der Waals surface area (Å²) in [5.41, 5.74) is 12.4. The van der Waals surface area contributed by atoms with Crippen molar-refractivity contribution in [3.63, 3.8) is 0 Å². The van der Waals surface area contributed by atoms with Crippen molar-refractivity contribution in [3.8, 4) is 34.0 Å². The van der Waals surface area contributed by atoms with Gasteiger partial charge in [-0.1, -0.05) is 140 Å². The fraction of sp³-hybridized carbons (Fsp3) is 0.0370. The highest BCUT2D eigenvalue weighted by Crippen LogP contribution is 2.45. The molecule has 13 rings (SSSR count). The third kappa shape index (κ3) is 4.77. The van der Waals surface area contributed by atoms with Crippen LogP contribution in [0, 0.1) is 0 Å². The molecule has 0 saturated carbocycles. The topological polar surface area (TPSA) is 35.6 Å². The van der Waals surface area contributed by atoms with E-state index in [1.807, 2.05) is 11.3 Å². The lowest BCUT2D eigenvalue weighted by atomic mass is 9.94. The third-order valence-electron chi connectivity index (χ3n) is 12.4. The summed E-state index contributed by atoms with van der Waals surface area (Å²) in [6.45, 7) is 0. The SMILES string of the molecule is C1=Cc2c(nc(-n3c4ccccc4c4c5ccccc5c(-c5ccc6c7ccccc7n(-c7ccccc7)c6c5)cc43)nc2-c2cccc3c2sc2ccccc23)CC1. The molecule has 12 aromatic rings. The molecule has 0 atom stereocenters. The molecule has 4 heterocycles. The molecule has 0 N–H and O–H groups in total. The Morgan fingerprint density at radius 1 is 0.475 bits per heavy atom. The van der Waals surface area contributed by atoms with Crippen LogP contribution in [0.25, 0.3) is 115 Å². The van der Waals surface area contributed by atoms with Gasteiger partial charge in [0, 0.05) is 58.5 Å². The van der Waals surface area contributed by atoms with E-state index < -0.39 is 0 Å². The smallest absolute Gasteiger partial charge is 0.235 e.